The average Bonchev–Trinajstić information content (AvgIpc) is 2.30. The smallest absolute Gasteiger partial charge is 0.259 e. The Morgan fingerprint density at radius 3 is 2.75 bits per heavy atom. The van der Waals surface area contributed by atoms with Crippen molar-refractivity contribution in [3.05, 3.63) is 34.2 Å². The Balaban J connectivity index is 2.14. The van der Waals surface area contributed by atoms with Gasteiger partial charge in [-0.05, 0) is 18.8 Å². The predicted octanol–water partition coefficient (Wildman–Crippen LogP) is 1.25. The van der Waals surface area contributed by atoms with Crippen LogP contribution in [0.15, 0.2) is 23.3 Å². The highest BCUT2D eigenvalue weighted by Gasteiger charge is 2.22. The van der Waals surface area contributed by atoms with E-state index >= 15 is 0 Å². The lowest BCUT2D eigenvalue weighted by Crippen LogP contribution is -2.39. The number of nitrogens with zero attached hydrogens (tertiary/aromatic N) is 1. The van der Waals surface area contributed by atoms with Gasteiger partial charge in [-0.2, -0.15) is 0 Å². The Morgan fingerprint density at radius 2 is 2.12 bits per heavy atom. The number of hydrogen-bond acceptors (Lipinski definition) is 2. The SMILES string of the molecule is CC1CCN(C(=O)c2c[nH]ccc2=O)CC1. The highest BCUT2D eigenvalue weighted by atomic mass is 16.2. The summed E-state index contributed by atoms with van der Waals surface area (Å²) in [5.74, 6) is 0.534. The Kier molecular flexibility index (Phi) is 3.08. The summed E-state index contributed by atoms with van der Waals surface area (Å²) in [6.45, 7) is 3.71. The van der Waals surface area contributed by atoms with E-state index in [0.29, 0.717) is 5.92 Å². The third-order valence-electron chi connectivity index (χ3n) is 3.13. The summed E-state index contributed by atoms with van der Waals surface area (Å²) >= 11 is 0. The number of pyridine rings is 1. The molecule has 0 saturated carbocycles. The number of rotatable bonds is 1. The molecule has 2 heterocycles. The Morgan fingerprint density at radius 1 is 1.44 bits per heavy atom. The number of likely N-dealkylation sites (tertiary alicyclic amines) is 1. The molecular weight excluding hydrogens is 204 g/mol. The van der Waals surface area contributed by atoms with Gasteiger partial charge < -0.3 is 9.88 Å². The fourth-order valence-corrected chi connectivity index (χ4v) is 1.97. The molecule has 1 fully saturated rings. The molecule has 1 saturated heterocycles. The zero-order valence-electron chi connectivity index (χ0n) is 9.40. The van der Waals surface area contributed by atoms with Crippen LogP contribution in [0, 0.1) is 5.92 Å². The predicted molar refractivity (Wildman–Crippen MR) is 61.4 cm³/mol. The molecule has 4 heteroatoms. The summed E-state index contributed by atoms with van der Waals surface area (Å²) in [6.07, 6.45) is 5.08. The van der Waals surface area contributed by atoms with Crippen molar-refractivity contribution in [3.8, 4) is 0 Å². The van der Waals surface area contributed by atoms with Crippen LogP contribution >= 0.6 is 0 Å². The second-order valence-corrected chi connectivity index (χ2v) is 4.40. The number of hydrogen-bond donors (Lipinski definition) is 1. The molecule has 1 aliphatic heterocycles. The third kappa shape index (κ3) is 2.15. The van der Waals surface area contributed by atoms with Crippen molar-refractivity contribution in [2.75, 3.05) is 13.1 Å². The van der Waals surface area contributed by atoms with E-state index < -0.39 is 0 Å². The fraction of sp³-hybridized carbons (Fsp3) is 0.500. The number of H-pyrrole nitrogens is 1. The van der Waals surface area contributed by atoms with E-state index in [1.807, 2.05) is 0 Å². The molecule has 0 radical (unpaired) electrons. The number of carbonyl (C=O) groups excluding carboxylic acids is 1. The Hall–Kier alpha value is -1.58. The van der Waals surface area contributed by atoms with Crippen molar-refractivity contribution in [3.63, 3.8) is 0 Å². The lowest BCUT2D eigenvalue weighted by molar-refractivity contribution is 0.0695. The van der Waals surface area contributed by atoms with Crippen LogP contribution in [0.2, 0.25) is 0 Å². The molecule has 0 spiro atoms. The number of amides is 1. The van der Waals surface area contributed by atoms with E-state index in [4.69, 9.17) is 0 Å². The molecule has 1 N–H and O–H groups in total. The molecule has 1 aromatic heterocycles. The minimum absolute atomic E-state index is 0.145. The van der Waals surface area contributed by atoms with Gasteiger partial charge in [0.15, 0.2) is 5.43 Å². The highest BCUT2D eigenvalue weighted by Crippen LogP contribution is 2.17. The normalized spacial score (nSPS) is 17.4. The number of aromatic amines is 1. The zero-order valence-corrected chi connectivity index (χ0v) is 9.40. The van der Waals surface area contributed by atoms with Gasteiger partial charge in [-0.3, -0.25) is 9.59 Å². The van der Waals surface area contributed by atoms with Crippen LogP contribution in [-0.4, -0.2) is 28.9 Å². The number of piperidine rings is 1. The average molecular weight is 220 g/mol. The second kappa shape index (κ2) is 4.51. The highest BCUT2D eigenvalue weighted by molar-refractivity contribution is 5.93. The minimum Gasteiger partial charge on any atom is -0.367 e. The van der Waals surface area contributed by atoms with Gasteiger partial charge in [-0.15, -0.1) is 0 Å². The first-order valence-electron chi connectivity index (χ1n) is 5.65. The van der Waals surface area contributed by atoms with Gasteiger partial charge in [-0.1, -0.05) is 6.92 Å². The Labute approximate surface area is 94.3 Å². The van der Waals surface area contributed by atoms with Crippen molar-refractivity contribution in [2.24, 2.45) is 5.92 Å². The van der Waals surface area contributed by atoms with E-state index in [-0.39, 0.29) is 16.9 Å². The first kappa shape index (κ1) is 10.9. The maximum absolute atomic E-state index is 12.0. The van der Waals surface area contributed by atoms with Gasteiger partial charge in [0.25, 0.3) is 5.91 Å². The van der Waals surface area contributed by atoms with Crippen molar-refractivity contribution in [1.82, 2.24) is 9.88 Å². The van der Waals surface area contributed by atoms with E-state index in [1.165, 1.54) is 18.5 Å². The standard InChI is InChI=1S/C12H16N2O2/c1-9-3-6-14(7-4-9)12(16)10-8-13-5-2-11(10)15/h2,5,8-9H,3-4,6-7H2,1H3,(H,13,15). The van der Waals surface area contributed by atoms with Crippen LogP contribution in [0.4, 0.5) is 0 Å². The molecule has 0 aliphatic carbocycles. The van der Waals surface area contributed by atoms with Crippen molar-refractivity contribution in [2.45, 2.75) is 19.8 Å². The van der Waals surface area contributed by atoms with E-state index in [9.17, 15) is 9.59 Å². The maximum atomic E-state index is 12.0. The van der Waals surface area contributed by atoms with Crippen LogP contribution in [-0.2, 0) is 0 Å². The fourth-order valence-electron chi connectivity index (χ4n) is 1.97. The van der Waals surface area contributed by atoms with Crippen LogP contribution in [0.25, 0.3) is 0 Å². The molecule has 0 bridgehead atoms. The molecule has 16 heavy (non-hydrogen) atoms. The summed E-state index contributed by atoms with van der Waals surface area (Å²) in [6, 6.07) is 1.39. The molecule has 0 aromatic carbocycles. The molecule has 4 nitrogen and oxygen atoms in total. The first-order chi connectivity index (χ1) is 7.68. The lowest BCUT2D eigenvalue weighted by atomic mass is 9.99. The molecule has 1 aromatic rings. The molecule has 0 unspecified atom stereocenters. The minimum atomic E-state index is -0.206. The number of carbonyl (C=O) groups is 1. The summed E-state index contributed by atoms with van der Waals surface area (Å²) in [4.78, 5) is 28.1. The number of aromatic nitrogens is 1. The maximum Gasteiger partial charge on any atom is 0.259 e. The van der Waals surface area contributed by atoms with Crippen LogP contribution in [0.1, 0.15) is 30.1 Å². The van der Waals surface area contributed by atoms with Gasteiger partial charge >= 0.3 is 0 Å². The number of nitrogens with one attached hydrogen (secondary N) is 1. The molecule has 1 aliphatic rings. The molecular formula is C12H16N2O2. The third-order valence-corrected chi connectivity index (χ3v) is 3.13. The van der Waals surface area contributed by atoms with Crippen molar-refractivity contribution >= 4 is 5.91 Å². The van der Waals surface area contributed by atoms with Gasteiger partial charge in [0.05, 0.1) is 0 Å². The lowest BCUT2D eigenvalue weighted by Gasteiger charge is -2.30. The van der Waals surface area contributed by atoms with Gasteiger partial charge in [-0.25, -0.2) is 0 Å². The van der Waals surface area contributed by atoms with Crippen molar-refractivity contribution < 1.29 is 4.79 Å². The summed E-state index contributed by atoms with van der Waals surface area (Å²) in [5.41, 5.74) is 0.0411. The van der Waals surface area contributed by atoms with Crippen LogP contribution in [0.3, 0.4) is 0 Å². The molecule has 86 valence electrons. The second-order valence-electron chi connectivity index (χ2n) is 4.40. The summed E-state index contributed by atoms with van der Waals surface area (Å²) in [7, 11) is 0. The largest absolute Gasteiger partial charge is 0.367 e. The molecule has 0 atom stereocenters. The molecule has 2 rings (SSSR count). The van der Waals surface area contributed by atoms with E-state index in [2.05, 4.69) is 11.9 Å². The monoisotopic (exact) mass is 220 g/mol. The van der Waals surface area contributed by atoms with Gasteiger partial charge in [0.2, 0.25) is 0 Å². The van der Waals surface area contributed by atoms with Gasteiger partial charge in [0, 0.05) is 31.5 Å². The van der Waals surface area contributed by atoms with Crippen LogP contribution in [0.5, 0.6) is 0 Å². The van der Waals surface area contributed by atoms with E-state index in [1.54, 1.807) is 4.90 Å². The zero-order chi connectivity index (χ0) is 11.5. The van der Waals surface area contributed by atoms with Crippen LogP contribution < -0.4 is 5.43 Å². The van der Waals surface area contributed by atoms with Gasteiger partial charge in [0.1, 0.15) is 5.56 Å². The molecule has 1 amide bonds. The first-order valence-corrected chi connectivity index (χ1v) is 5.65. The Bertz CT molecular complexity index is 431. The van der Waals surface area contributed by atoms with E-state index in [0.717, 1.165) is 25.9 Å². The van der Waals surface area contributed by atoms with Crippen molar-refractivity contribution in [1.29, 1.82) is 0 Å². The topological polar surface area (TPSA) is 53.2 Å². The quantitative estimate of drug-likeness (QED) is 0.774. The summed E-state index contributed by atoms with van der Waals surface area (Å²) < 4.78 is 0. The summed E-state index contributed by atoms with van der Waals surface area (Å²) in [5, 5.41) is 0.